The predicted molar refractivity (Wildman–Crippen MR) is 70.4 cm³/mol. The van der Waals surface area contributed by atoms with Gasteiger partial charge < -0.3 is 5.32 Å². The van der Waals surface area contributed by atoms with E-state index in [1.165, 1.54) is 6.07 Å². The molecule has 0 atom stereocenters. The van der Waals surface area contributed by atoms with Crippen LogP contribution in [0.4, 0.5) is 10.1 Å². The second-order valence-corrected chi connectivity index (χ2v) is 4.74. The fourth-order valence-corrected chi connectivity index (χ4v) is 1.87. The average molecular weight is 295 g/mol. The Morgan fingerprint density at radius 2 is 2.12 bits per heavy atom. The Bertz CT molecular complexity index is 529. The highest BCUT2D eigenvalue weighted by molar-refractivity contribution is 9.10. The van der Waals surface area contributed by atoms with Gasteiger partial charge in [0.05, 0.1) is 0 Å². The zero-order valence-electron chi connectivity index (χ0n) is 9.37. The van der Waals surface area contributed by atoms with Gasteiger partial charge in [-0.3, -0.25) is 4.98 Å². The maximum Gasteiger partial charge on any atom is 0.128 e. The van der Waals surface area contributed by atoms with Crippen molar-refractivity contribution in [1.82, 2.24) is 4.98 Å². The average Bonchev–Trinajstić information content (AvgIpc) is 2.31. The maximum atomic E-state index is 13.3. The summed E-state index contributed by atoms with van der Waals surface area (Å²) in [5.74, 6) is -0.192. The zero-order chi connectivity index (χ0) is 12.3. The number of hydrogen-bond acceptors (Lipinski definition) is 2. The van der Waals surface area contributed by atoms with E-state index in [-0.39, 0.29) is 5.82 Å². The van der Waals surface area contributed by atoms with Crippen molar-refractivity contribution in [2.75, 3.05) is 5.32 Å². The van der Waals surface area contributed by atoms with Crippen LogP contribution in [0, 0.1) is 12.7 Å². The molecule has 0 amide bonds. The summed E-state index contributed by atoms with van der Waals surface area (Å²) in [6.07, 6.45) is 3.51. The van der Waals surface area contributed by atoms with E-state index in [0.29, 0.717) is 12.1 Å². The largest absolute Gasteiger partial charge is 0.381 e. The molecule has 2 rings (SSSR count). The first-order valence-corrected chi connectivity index (χ1v) is 6.04. The first kappa shape index (κ1) is 12.0. The SMILES string of the molecule is Cc1ccc(NCc2cncc(Br)c2)cc1F. The first-order valence-electron chi connectivity index (χ1n) is 5.24. The van der Waals surface area contributed by atoms with E-state index in [1.807, 2.05) is 12.1 Å². The Hall–Kier alpha value is -1.42. The highest BCUT2D eigenvalue weighted by Crippen LogP contribution is 2.15. The van der Waals surface area contributed by atoms with Gasteiger partial charge in [-0.15, -0.1) is 0 Å². The van der Waals surface area contributed by atoms with Crippen LogP contribution in [0.25, 0.3) is 0 Å². The van der Waals surface area contributed by atoms with Crippen molar-refractivity contribution in [2.45, 2.75) is 13.5 Å². The lowest BCUT2D eigenvalue weighted by atomic mass is 10.2. The summed E-state index contributed by atoms with van der Waals surface area (Å²) in [5, 5.41) is 3.16. The number of aromatic nitrogens is 1. The van der Waals surface area contributed by atoms with E-state index in [1.54, 1.807) is 25.4 Å². The fraction of sp³-hybridized carbons (Fsp3) is 0.154. The fourth-order valence-electron chi connectivity index (χ4n) is 1.46. The monoisotopic (exact) mass is 294 g/mol. The summed E-state index contributed by atoms with van der Waals surface area (Å²) >= 11 is 3.36. The van der Waals surface area contributed by atoms with Gasteiger partial charge in [-0.05, 0) is 52.2 Å². The summed E-state index contributed by atoms with van der Waals surface area (Å²) in [5.41, 5.74) is 2.47. The number of nitrogens with zero attached hydrogens (tertiary/aromatic N) is 1. The molecule has 0 aliphatic carbocycles. The Balaban J connectivity index is 2.05. The number of pyridine rings is 1. The third-order valence-corrected chi connectivity index (χ3v) is 2.86. The minimum absolute atomic E-state index is 0.192. The van der Waals surface area contributed by atoms with Gasteiger partial charge >= 0.3 is 0 Å². The molecule has 0 bridgehead atoms. The maximum absolute atomic E-state index is 13.3. The first-order chi connectivity index (χ1) is 8.15. The van der Waals surface area contributed by atoms with Gasteiger partial charge in [0.1, 0.15) is 5.82 Å². The summed E-state index contributed by atoms with van der Waals surface area (Å²) in [6, 6.07) is 7.10. The Labute approximate surface area is 108 Å². The minimum Gasteiger partial charge on any atom is -0.381 e. The Morgan fingerprint density at radius 3 is 2.82 bits per heavy atom. The number of anilines is 1. The van der Waals surface area contributed by atoms with Gasteiger partial charge in [0, 0.05) is 29.1 Å². The molecule has 0 saturated carbocycles. The smallest absolute Gasteiger partial charge is 0.128 e. The molecule has 88 valence electrons. The summed E-state index contributed by atoms with van der Waals surface area (Å²) < 4.78 is 14.2. The molecule has 1 N–H and O–H groups in total. The predicted octanol–water partition coefficient (Wildman–Crippen LogP) is 3.90. The van der Waals surface area contributed by atoms with Crippen LogP contribution in [-0.4, -0.2) is 4.98 Å². The standard InChI is InChI=1S/C13H12BrFN2/c1-9-2-3-12(5-13(9)15)17-7-10-4-11(14)8-16-6-10/h2-6,8,17H,7H2,1H3. The van der Waals surface area contributed by atoms with Gasteiger partial charge in [0.15, 0.2) is 0 Å². The van der Waals surface area contributed by atoms with Crippen LogP contribution in [0.1, 0.15) is 11.1 Å². The lowest BCUT2D eigenvalue weighted by Crippen LogP contribution is -2.00. The van der Waals surface area contributed by atoms with Crippen LogP contribution in [0.15, 0.2) is 41.1 Å². The van der Waals surface area contributed by atoms with Crippen LogP contribution in [-0.2, 0) is 6.54 Å². The van der Waals surface area contributed by atoms with Gasteiger partial charge in [0.25, 0.3) is 0 Å². The highest BCUT2D eigenvalue weighted by Gasteiger charge is 2.00. The van der Waals surface area contributed by atoms with E-state index in [2.05, 4.69) is 26.2 Å². The molecular weight excluding hydrogens is 283 g/mol. The number of rotatable bonds is 3. The van der Waals surface area contributed by atoms with Crippen LogP contribution < -0.4 is 5.32 Å². The molecule has 0 saturated heterocycles. The number of hydrogen-bond donors (Lipinski definition) is 1. The van der Waals surface area contributed by atoms with Crippen molar-refractivity contribution in [3.63, 3.8) is 0 Å². The number of benzene rings is 1. The van der Waals surface area contributed by atoms with E-state index in [4.69, 9.17) is 0 Å². The number of nitrogens with one attached hydrogen (secondary N) is 1. The summed E-state index contributed by atoms with van der Waals surface area (Å²) in [6.45, 7) is 2.37. The van der Waals surface area contributed by atoms with E-state index >= 15 is 0 Å². The van der Waals surface area contributed by atoms with Crippen molar-refractivity contribution in [3.05, 3.63) is 58.1 Å². The molecule has 1 aromatic carbocycles. The van der Waals surface area contributed by atoms with Crippen molar-refractivity contribution < 1.29 is 4.39 Å². The molecule has 0 spiro atoms. The van der Waals surface area contributed by atoms with Crippen LogP contribution in [0.3, 0.4) is 0 Å². The molecule has 1 heterocycles. The Morgan fingerprint density at radius 1 is 1.29 bits per heavy atom. The van der Waals surface area contributed by atoms with Crippen molar-refractivity contribution in [3.8, 4) is 0 Å². The third-order valence-electron chi connectivity index (χ3n) is 2.43. The Kier molecular flexibility index (Phi) is 3.74. The molecular formula is C13H12BrFN2. The van der Waals surface area contributed by atoms with E-state index in [0.717, 1.165) is 15.7 Å². The molecule has 0 fully saturated rings. The molecule has 1 aromatic heterocycles. The zero-order valence-corrected chi connectivity index (χ0v) is 11.0. The quantitative estimate of drug-likeness (QED) is 0.928. The van der Waals surface area contributed by atoms with E-state index in [9.17, 15) is 4.39 Å². The molecule has 17 heavy (non-hydrogen) atoms. The third kappa shape index (κ3) is 3.27. The van der Waals surface area contributed by atoms with Crippen LogP contribution >= 0.6 is 15.9 Å². The van der Waals surface area contributed by atoms with Crippen molar-refractivity contribution >= 4 is 21.6 Å². The van der Waals surface area contributed by atoms with Crippen LogP contribution in [0.2, 0.25) is 0 Å². The molecule has 0 unspecified atom stereocenters. The minimum atomic E-state index is -0.192. The number of halogens is 2. The molecule has 4 heteroatoms. The van der Waals surface area contributed by atoms with Gasteiger partial charge in [0.2, 0.25) is 0 Å². The highest BCUT2D eigenvalue weighted by atomic mass is 79.9. The van der Waals surface area contributed by atoms with Gasteiger partial charge in [-0.2, -0.15) is 0 Å². The van der Waals surface area contributed by atoms with E-state index < -0.39 is 0 Å². The normalized spacial score (nSPS) is 10.3. The summed E-state index contributed by atoms with van der Waals surface area (Å²) in [7, 11) is 0. The topological polar surface area (TPSA) is 24.9 Å². The molecule has 2 aromatic rings. The van der Waals surface area contributed by atoms with Crippen LogP contribution in [0.5, 0.6) is 0 Å². The van der Waals surface area contributed by atoms with Crippen molar-refractivity contribution in [2.24, 2.45) is 0 Å². The second-order valence-electron chi connectivity index (χ2n) is 3.83. The lowest BCUT2D eigenvalue weighted by molar-refractivity contribution is 0.619. The molecule has 0 aliphatic rings. The summed E-state index contributed by atoms with van der Waals surface area (Å²) in [4.78, 5) is 4.07. The lowest BCUT2D eigenvalue weighted by Gasteiger charge is -2.07. The number of aryl methyl sites for hydroxylation is 1. The van der Waals surface area contributed by atoms with Gasteiger partial charge in [-0.25, -0.2) is 4.39 Å². The van der Waals surface area contributed by atoms with Crippen molar-refractivity contribution in [1.29, 1.82) is 0 Å². The molecule has 0 aliphatic heterocycles. The second kappa shape index (κ2) is 5.27. The molecule has 2 nitrogen and oxygen atoms in total. The molecule has 0 radical (unpaired) electrons. The van der Waals surface area contributed by atoms with Gasteiger partial charge in [-0.1, -0.05) is 6.07 Å².